The van der Waals surface area contributed by atoms with Gasteiger partial charge in [0.25, 0.3) is 5.91 Å². The summed E-state index contributed by atoms with van der Waals surface area (Å²) in [5.41, 5.74) is 4.32. The van der Waals surface area contributed by atoms with E-state index in [0.29, 0.717) is 21.3 Å². The number of phenols is 1. The Balaban J connectivity index is 2.03. The molecule has 0 unspecified atom stereocenters. The third kappa shape index (κ3) is 5.66. The van der Waals surface area contributed by atoms with Gasteiger partial charge in [0.2, 0.25) is 5.88 Å². The van der Waals surface area contributed by atoms with E-state index in [9.17, 15) is 15.2 Å². The smallest absolute Gasteiger partial charge is 0.278 e. The Morgan fingerprint density at radius 1 is 1.45 bits per heavy atom. The van der Waals surface area contributed by atoms with Gasteiger partial charge in [0.05, 0.1) is 25.6 Å². The number of nitrogens with zero attached hydrogens (tertiary/aromatic N) is 3. The lowest BCUT2D eigenvalue weighted by molar-refractivity contribution is -0.123. The lowest BCUT2D eigenvalue weighted by Crippen LogP contribution is -2.25. The van der Waals surface area contributed by atoms with Gasteiger partial charge in [-0.2, -0.15) is 10.4 Å². The van der Waals surface area contributed by atoms with Crippen molar-refractivity contribution in [2.75, 3.05) is 20.8 Å². The molecular weight excluding hydrogens is 444 g/mol. The van der Waals surface area contributed by atoms with Crippen LogP contribution in [0.15, 0.2) is 27.8 Å². The molecule has 0 aliphatic carbocycles. The molecule has 0 spiro atoms. The summed E-state index contributed by atoms with van der Waals surface area (Å²) in [5.74, 6) is -0.203. The minimum Gasteiger partial charge on any atom is -0.504 e. The zero-order chi connectivity index (χ0) is 21.4. The Bertz CT molecular complexity index is 972. The summed E-state index contributed by atoms with van der Waals surface area (Å²) in [7, 11) is 2.94. The molecule has 0 fully saturated rings. The second kappa shape index (κ2) is 10.4. The van der Waals surface area contributed by atoms with Gasteiger partial charge in [-0.05, 0) is 46.6 Å². The molecule has 1 aromatic carbocycles. The van der Waals surface area contributed by atoms with E-state index in [1.165, 1.54) is 26.5 Å². The summed E-state index contributed by atoms with van der Waals surface area (Å²) in [4.78, 5) is 16.2. The van der Waals surface area contributed by atoms with Gasteiger partial charge in [0.1, 0.15) is 11.6 Å². The fourth-order valence-electron chi connectivity index (χ4n) is 2.33. The molecule has 10 heteroatoms. The number of phenolic OH excluding ortho intramolecular Hbond substituents is 1. The summed E-state index contributed by atoms with van der Waals surface area (Å²) in [5, 5.41) is 22.8. The number of carbonyl (C=O) groups is 1. The second-order valence-electron chi connectivity index (χ2n) is 5.73. The molecule has 0 aliphatic heterocycles. The van der Waals surface area contributed by atoms with Crippen molar-refractivity contribution in [3.05, 3.63) is 45.1 Å². The Morgan fingerprint density at radius 2 is 2.21 bits per heavy atom. The predicted molar refractivity (Wildman–Crippen MR) is 108 cm³/mol. The van der Waals surface area contributed by atoms with Crippen LogP contribution in [-0.4, -0.2) is 43.0 Å². The van der Waals surface area contributed by atoms with Crippen LogP contribution in [0.5, 0.6) is 17.4 Å². The number of aromatic nitrogens is 1. The van der Waals surface area contributed by atoms with Gasteiger partial charge in [-0.3, -0.25) is 4.79 Å². The number of hydrogen-bond acceptors (Lipinski definition) is 8. The molecule has 0 radical (unpaired) electrons. The Kier molecular flexibility index (Phi) is 7.94. The summed E-state index contributed by atoms with van der Waals surface area (Å²) < 4.78 is 16.2. The molecule has 0 saturated heterocycles. The fraction of sp³-hybridized carbons (Fsp3) is 0.263. The molecule has 0 aliphatic rings. The Morgan fingerprint density at radius 3 is 2.86 bits per heavy atom. The van der Waals surface area contributed by atoms with Crippen LogP contribution in [0.25, 0.3) is 0 Å². The highest BCUT2D eigenvalue weighted by Crippen LogP contribution is 2.30. The van der Waals surface area contributed by atoms with Gasteiger partial charge in [0.15, 0.2) is 18.1 Å². The van der Waals surface area contributed by atoms with Crippen LogP contribution >= 0.6 is 15.9 Å². The highest BCUT2D eigenvalue weighted by atomic mass is 79.9. The van der Waals surface area contributed by atoms with Crippen LogP contribution < -0.4 is 14.9 Å². The molecule has 0 atom stereocenters. The number of aryl methyl sites for hydroxylation is 1. The molecule has 1 heterocycles. The van der Waals surface area contributed by atoms with Gasteiger partial charge in [0, 0.05) is 17.1 Å². The SMILES string of the molecule is COCc1c(Br)c(C)nc(OCC(=O)NN=Cc2ccc(O)c(OC)c2)c1C#N. The number of hydrazone groups is 1. The Hall–Kier alpha value is -3.16. The molecule has 0 saturated carbocycles. The molecule has 2 aromatic rings. The summed E-state index contributed by atoms with van der Waals surface area (Å²) in [6.07, 6.45) is 1.39. The zero-order valence-electron chi connectivity index (χ0n) is 16.0. The van der Waals surface area contributed by atoms with Gasteiger partial charge < -0.3 is 19.3 Å². The van der Waals surface area contributed by atoms with Crippen molar-refractivity contribution in [2.24, 2.45) is 5.10 Å². The number of nitrogens with one attached hydrogen (secondary N) is 1. The maximum atomic E-state index is 12.0. The molecule has 0 bridgehead atoms. The number of benzene rings is 1. The van der Waals surface area contributed by atoms with Gasteiger partial charge >= 0.3 is 0 Å². The second-order valence-corrected chi connectivity index (χ2v) is 6.52. The Labute approximate surface area is 176 Å². The average molecular weight is 463 g/mol. The first kappa shape index (κ1) is 22.1. The molecule has 9 nitrogen and oxygen atoms in total. The number of methoxy groups -OCH3 is 2. The lowest BCUT2D eigenvalue weighted by Gasteiger charge is -2.13. The first-order chi connectivity index (χ1) is 13.9. The number of hydrogen-bond donors (Lipinski definition) is 2. The highest BCUT2D eigenvalue weighted by Gasteiger charge is 2.18. The van der Waals surface area contributed by atoms with E-state index in [1.54, 1.807) is 19.1 Å². The average Bonchev–Trinajstić information content (AvgIpc) is 2.71. The molecule has 1 aromatic heterocycles. The number of carbonyl (C=O) groups excluding carboxylic acids is 1. The monoisotopic (exact) mass is 462 g/mol. The normalized spacial score (nSPS) is 10.6. The number of halogens is 1. The van der Waals surface area contributed by atoms with Crippen molar-refractivity contribution >= 4 is 28.1 Å². The first-order valence-electron chi connectivity index (χ1n) is 8.31. The van der Waals surface area contributed by atoms with Crippen molar-refractivity contribution in [1.82, 2.24) is 10.4 Å². The van der Waals surface area contributed by atoms with Crippen LogP contribution in [0.2, 0.25) is 0 Å². The minimum atomic E-state index is -0.536. The largest absolute Gasteiger partial charge is 0.504 e. The van der Waals surface area contributed by atoms with Crippen molar-refractivity contribution in [2.45, 2.75) is 13.5 Å². The maximum Gasteiger partial charge on any atom is 0.278 e. The minimum absolute atomic E-state index is 0.000478. The number of rotatable bonds is 8. The molecule has 29 heavy (non-hydrogen) atoms. The third-order valence-corrected chi connectivity index (χ3v) is 4.77. The molecular formula is C19H19BrN4O5. The molecule has 1 amide bonds. The van der Waals surface area contributed by atoms with Crippen LogP contribution in [-0.2, 0) is 16.1 Å². The van der Waals surface area contributed by atoms with E-state index in [-0.39, 0.29) is 36.2 Å². The zero-order valence-corrected chi connectivity index (χ0v) is 17.6. The van der Waals surface area contributed by atoms with Gasteiger partial charge in [-0.25, -0.2) is 10.4 Å². The number of nitriles is 1. The van der Waals surface area contributed by atoms with Crippen LogP contribution in [0.1, 0.15) is 22.4 Å². The van der Waals surface area contributed by atoms with E-state index in [4.69, 9.17) is 14.2 Å². The molecule has 2 rings (SSSR count). The van der Waals surface area contributed by atoms with E-state index < -0.39 is 5.91 Å². The summed E-state index contributed by atoms with van der Waals surface area (Å²) in [6, 6.07) is 6.65. The number of amides is 1. The highest BCUT2D eigenvalue weighted by molar-refractivity contribution is 9.10. The van der Waals surface area contributed by atoms with Crippen molar-refractivity contribution in [3.63, 3.8) is 0 Å². The standard InChI is InChI=1S/C19H19BrN4O5/c1-11-18(20)14(9-27-2)13(7-21)19(23-11)29-10-17(26)24-22-8-12-4-5-15(25)16(6-12)28-3/h4-6,8,25H,9-10H2,1-3H3,(H,24,26). The lowest BCUT2D eigenvalue weighted by atomic mass is 10.1. The van der Waals surface area contributed by atoms with E-state index in [2.05, 4.69) is 31.4 Å². The van der Waals surface area contributed by atoms with Crippen LogP contribution in [0.3, 0.4) is 0 Å². The van der Waals surface area contributed by atoms with Gasteiger partial charge in [-0.1, -0.05) is 0 Å². The topological polar surface area (TPSA) is 126 Å². The van der Waals surface area contributed by atoms with E-state index >= 15 is 0 Å². The third-order valence-electron chi connectivity index (χ3n) is 3.71. The number of ether oxygens (including phenoxy) is 3. The summed E-state index contributed by atoms with van der Waals surface area (Å²) in [6.45, 7) is 1.55. The first-order valence-corrected chi connectivity index (χ1v) is 9.10. The number of pyridine rings is 1. The van der Waals surface area contributed by atoms with Crippen molar-refractivity contribution in [3.8, 4) is 23.4 Å². The number of aromatic hydroxyl groups is 1. The van der Waals surface area contributed by atoms with Crippen LogP contribution in [0, 0.1) is 18.3 Å². The molecule has 152 valence electrons. The quantitative estimate of drug-likeness (QED) is 0.455. The van der Waals surface area contributed by atoms with E-state index in [0.717, 1.165) is 0 Å². The maximum absolute atomic E-state index is 12.0. The van der Waals surface area contributed by atoms with Crippen LogP contribution in [0.4, 0.5) is 0 Å². The van der Waals surface area contributed by atoms with Gasteiger partial charge in [-0.15, -0.1) is 0 Å². The molecule has 2 N–H and O–H groups in total. The predicted octanol–water partition coefficient (Wildman–Crippen LogP) is 2.41. The fourth-order valence-corrected chi connectivity index (χ4v) is 2.73. The van der Waals surface area contributed by atoms with Crippen molar-refractivity contribution in [1.29, 1.82) is 5.26 Å². The van der Waals surface area contributed by atoms with E-state index in [1.807, 2.05) is 6.07 Å². The van der Waals surface area contributed by atoms with Crippen molar-refractivity contribution < 1.29 is 24.1 Å². The summed E-state index contributed by atoms with van der Waals surface area (Å²) >= 11 is 3.39.